The van der Waals surface area contributed by atoms with Gasteiger partial charge in [0, 0.05) is 18.7 Å². The Labute approximate surface area is 121 Å². The molecule has 0 radical (unpaired) electrons. The molecule has 8 heteroatoms. The lowest BCUT2D eigenvalue weighted by Crippen LogP contribution is -2.37. The van der Waals surface area contributed by atoms with Crippen LogP contribution in [-0.4, -0.2) is 41.0 Å². The molecule has 21 heavy (non-hydrogen) atoms. The molecule has 0 saturated carbocycles. The molecule has 0 spiro atoms. The van der Waals surface area contributed by atoms with Crippen molar-refractivity contribution in [3.05, 3.63) is 12.2 Å². The summed E-state index contributed by atoms with van der Waals surface area (Å²) >= 11 is 0. The van der Waals surface area contributed by atoms with Crippen LogP contribution in [0.15, 0.2) is 12.2 Å². The van der Waals surface area contributed by atoms with Crippen LogP contribution in [0.3, 0.4) is 0 Å². The van der Waals surface area contributed by atoms with Gasteiger partial charge in [-0.1, -0.05) is 5.06 Å². The molecule has 2 N–H and O–H groups in total. The van der Waals surface area contributed by atoms with E-state index in [4.69, 9.17) is 10.5 Å². The largest absolute Gasteiger partial charge is 0.460 e. The first-order chi connectivity index (χ1) is 9.64. The summed E-state index contributed by atoms with van der Waals surface area (Å²) in [6.07, 6.45) is 1.57. The van der Waals surface area contributed by atoms with Crippen LogP contribution in [0.25, 0.3) is 0 Å². The Morgan fingerprint density at radius 3 is 2.19 bits per heavy atom. The van der Waals surface area contributed by atoms with Gasteiger partial charge in [0.05, 0.1) is 12.3 Å². The zero-order chi connectivity index (χ0) is 16.2. The van der Waals surface area contributed by atoms with Crippen molar-refractivity contribution in [2.24, 2.45) is 11.7 Å². The summed E-state index contributed by atoms with van der Waals surface area (Å²) in [7, 11) is 0. The van der Waals surface area contributed by atoms with Crippen molar-refractivity contribution in [1.82, 2.24) is 5.06 Å². The highest BCUT2D eigenvalue weighted by Crippen LogP contribution is 2.14. The zero-order valence-electron chi connectivity index (χ0n) is 12.1. The third kappa shape index (κ3) is 4.99. The number of carbonyl (C=O) groups is 4. The van der Waals surface area contributed by atoms with Crippen molar-refractivity contribution in [1.29, 1.82) is 0 Å². The van der Waals surface area contributed by atoms with E-state index >= 15 is 0 Å². The molecule has 1 aliphatic rings. The van der Waals surface area contributed by atoms with E-state index in [9.17, 15) is 19.2 Å². The minimum absolute atomic E-state index is 0.121. The van der Waals surface area contributed by atoms with E-state index in [0.29, 0.717) is 5.06 Å². The summed E-state index contributed by atoms with van der Waals surface area (Å²) in [5, 5.41) is 0.324. The van der Waals surface area contributed by atoms with Crippen LogP contribution in [-0.2, 0) is 28.8 Å². The lowest BCUT2D eigenvalue weighted by molar-refractivity contribution is -0.197. The second-order valence-corrected chi connectivity index (χ2v) is 5.44. The molecule has 8 nitrogen and oxygen atoms in total. The van der Waals surface area contributed by atoms with Crippen LogP contribution >= 0.6 is 0 Å². The summed E-state index contributed by atoms with van der Waals surface area (Å²) in [5.74, 6) is -3.97. The standard InChI is InChI=1S/C13H18N2O6/c1-13(2,3)20-12(19)8(7-14)6-11(18)21-15-9(16)4-5-10(15)17/h4-5,8H,6-7,14H2,1-3H3. The molecule has 0 fully saturated rings. The van der Waals surface area contributed by atoms with E-state index in [1.807, 2.05) is 0 Å². The lowest BCUT2D eigenvalue weighted by atomic mass is 10.1. The average Bonchev–Trinajstić information content (AvgIpc) is 2.65. The van der Waals surface area contributed by atoms with Gasteiger partial charge in [0.15, 0.2) is 0 Å². The van der Waals surface area contributed by atoms with E-state index in [-0.39, 0.29) is 13.0 Å². The number of carbonyl (C=O) groups excluding carboxylic acids is 4. The quantitative estimate of drug-likeness (QED) is 0.546. The van der Waals surface area contributed by atoms with Crippen molar-refractivity contribution in [3.8, 4) is 0 Å². The van der Waals surface area contributed by atoms with Gasteiger partial charge < -0.3 is 15.3 Å². The number of esters is 1. The summed E-state index contributed by atoms with van der Waals surface area (Å²) in [4.78, 5) is 50.6. The zero-order valence-corrected chi connectivity index (χ0v) is 12.1. The minimum atomic E-state index is -0.915. The van der Waals surface area contributed by atoms with Crippen LogP contribution < -0.4 is 5.73 Å². The number of hydrogen-bond donors (Lipinski definition) is 1. The number of amides is 2. The molecule has 1 atom stereocenters. The molecule has 0 saturated heterocycles. The Morgan fingerprint density at radius 1 is 1.24 bits per heavy atom. The third-order valence-electron chi connectivity index (χ3n) is 2.40. The highest BCUT2D eigenvalue weighted by molar-refractivity contribution is 6.12. The van der Waals surface area contributed by atoms with Gasteiger partial charge >= 0.3 is 11.9 Å². The number of hydroxylamine groups is 2. The number of hydrogen-bond acceptors (Lipinski definition) is 7. The number of imide groups is 1. The van der Waals surface area contributed by atoms with Gasteiger partial charge in [-0.05, 0) is 20.8 Å². The third-order valence-corrected chi connectivity index (χ3v) is 2.40. The van der Waals surface area contributed by atoms with Gasteiger partial charge in [0.2, 0.25) is 0 Å². The van der Waals surface area contributed by atoms with Crippen LogP contribution in [0.2, 0.25) is 0 Å². The number of nitrogens with zero attached hydrogens (tertiary/aromatic N) is 1. The van der Waals surface area contributed by atoms with E-state index in [2.05, 4.69) is 4.84 Å². The summed E-state index contributed by atoms with van der Waals surface area (Å²) in [6, 6.07) is 0. The molecular weight excluding hydrogens is 280 g/mol. The highest BCUT2D eigenvalue weighted by Gasteiger charge is 2.31. The number of ether oxygens (including phenoxy) is 1. The second kappa shape index (κ2) is 6.49. The van der Waals surface area contributed by atoms with Crippen LogP contribution in [0.1, 0.15) is 27.2 Å². The summed E-state index contributed by atoms with van der Waals surface area (Å²) in [5.41, 5.74) is 4.73. The average molecular weight is 298 g/mol. The molecule has 0 aromatic heterocycles. The van der Waals surface area contributed by atoms with Crippen molar-refractivity contribution in [3.63, 3.8) is 0 Å². The van der Waals surface area contributed by atoms with E-state index in [1.54, 1.807) is 20.8 Å². The van der Waals surface area contributed by atoms with E-state index < -0.39 is 35.3 Å². The van der Waals surface area contributed by atoms with Gasteiger partial charge in [-0.2, -0.15) is 0 Å². The van der Waals surface area contributed by atoms with Crippen molar-refractivity contribution in [2.45, 2.75) is 32.8 Å². The fourth-order valence-corrected chi connectivity index (χ4v) is 1.46. The molecule has 1 rings (SSSR count). The second-order valence-electron chi connectivity index (χ2n) is 5.44. The van der Waals surface area contributed by atoms with Crippen molar-refractivity contribution < 1.29 is 28.8 Å². The van der Waals surface area contributed by atoms with Crippen molar-refractivity contribution >= 4 is 23.8 Å². The monoisotopic (exact) mass is 298 g/mol. The minimum Gasteiger partial charge on any atom is -0.460 e. The predicted molar refractivity (Wildman–Crippen MR) is 70.1 cm³/mol. The molecule has 0 bridgehead atoms. The van der Waals surface area contributed by atoms with Gasteiger partial charge in [-0.3, -0.25) is 14.4 Å². The summed E-state index contributed by atoms with van der Waals surface area (Å²) in [6.45, 7) is 4.93. The van der Waals surface area contributed by atoms with Crippen LogP contribution in [0.5, 0.6) is 0 Å². The molecule has 0 aliphatic carbocycles. The maximum Gasteiger partial charge on any atom is 0.334 e. The summed E-state index contributed by atoms with van der Waals surface area (Å²) < 4.78 is 5.12. The molecule has 0 aromatic carbocycles. The Hall–Kier alpha value is -2.22. The molecule has 116 valence electrons. The molecule has 1 heterocycles. The fourth-order valence-electron chi connectivity index (χ4n) is 1.46. The molecule has 2 amide bonds. The predicted octanol–water partition coefficient (Wildman–Crippen LogP) is -0.324. The number of rotatable bonds is 5. The Balaban J connectivity index is 2.57. The Kier molecular flexibility index (Phi) is 5.20. The SMILES string of the molecule is CC(C)(C)OC(=O)C(CN)CC(=O)ON1C(=O)C=CC1=O. The van der Waals surface area contributed by atoms with Gasteiger partial charge in [0.25, 0.3) is 11.8 Å². The fraction of sp³-hybridized carbons (Fsp3) is 0.538. The lowest BCUT2D eigenvalue weighted by Gasteiger charge is -2.23. The highest BCUT2D eigenvalue weighted by atomic mass is 16.7. The van der Waals surface area contributed by atoms with Crippen LogP contribution in [0, 0.1) is 5.92 Å². The normalized spacial score (nSPS) is 16.1. The Morgan fingerprint density at radius 2 is 1.76 bits per heavy atom. The van der Waals surface area contributed by atoms with E-state index in [1.165, 1.54) is 0 Å². The first kappa shape index (κ1) is 16.8. The molecule has 1 aliphatic heterocycles. The maximum absolute atomic E-state index is 11.8. The molecule has 0 aromatic rings. The van der Waals surface area contributed by atoms with Crippen molar-refractivity contribution in [2.75, 3.05) is 6.54 Å². The van der Waals surface area contributed by atoms with E-state index in [0.717, 1.165) is 12.2 Å². The first-order valence-corrected chi connectivity index (χ1v) is 6.34. The van der Waals surface area contributed by atoms with Gasteiger partial charge in [-0.25, -0.2) is 4.79 Å². The molecular formula is C13H18N2O6. The Bertz CT molecular complexity index is 473. The number of nitrogens with two attached hydrogens (primary N) is 1. The first-order valence-electron chi connectivity index (χ1n) is 6.34. The smallest absolute Gasteiger partial charge is 0.334 e. The van der Waals surface area contributed by atoms with Gasteiger partial charge in [-0.15, -0.1) is 0 Å². The van der Waals surface area contributed by atoms with Crippen LogP contribution in [0.4, 0.5) is 0 Å². The topological polar surface area (TPSA) is 116 Å². The molecule has 1 unspecified atom stereocenters. The van der Waals surface area contributed by atoms with Gasteiger partial charge in [0.1, 0.15) is 5.60 Å². The maximum atomic E-state index is 11.8.